The summed E-state index contributed by atoms with van der Waals surface area (Å²) < 4.78 is 16.0. The number of benzene rings is 1. The molecule has 416 valence electrons. The van der Waals surface area contributed by atoms with E-state index in [-0.39, 0.29) is 77.0 Å². The number of nitrogens with one attached hydrogen (secondary N) is 10. The molecule has 10 amide bonds. The molecule has 0 radical (unpaired) electrons. The SMILES string of the molecule is CC(C)C[C@@H]1NC(=O)[C@@H](Cc2ccccc2)NC(=O)[C@H](CCNC(=O)OC(C)(C)C)NC(=O)CCCNC(=O)C([C@@H](C)O)NC(=O)[C@H](CCNC(=O)OC(C)(C)C)NC(=O)[C@H](CCNC(=O)OC(C)(C)C)NC1=O. The number of carbonyl (C=O) groups excluding carboxylic acids is 10. The van der Waals surface area contributed by atoms with E-state index in [9.17, 15) is 53.1 Å². The van der Waals surface area contributed by atoms with Crippen molar-refractivity contribution in [3.63, 3.8) is 0 Å². The van der Waals surface area contributed by atoms with Gasteiger partial charge in [0, 0.05) is 39.0 Å². The number of hydrogen-bond acceptors (Lipinski definition) is 14. The number of aliphatic hydroxyl groups excluding tert-OH is 1. The standard InChI is InChI=1S/C50H82N10O14/c1-29(2)27-35-42(66)57-33(21-25-53-46(70)73-49(7,8)9)40(64)56-34(22-26-54-47(71)74-50(10,11)12)41(65)60-38(30(3)61)44(68)51-23-16-19-37(62)55-32(20-24-52-45(69)72-48(4,5)6)39(63)59-36(43(67)58-35)28-31-17-14-13-15-18-31/h13-15,17-18,29-30,32-36,38,61H,16,19-28H2,1-12H3,(H,51,68)(H,52,69)(H,53,70)(H,54,71)(H,55,62)(H,56,64)(H,57,66)(H,58,67)(H,59,63)(H,60,65)/t30-,32+,33+,34+,35+,36-,38?/m1/s1. The van der Waals surface area contributed by atoms with Crippen LogP contribution in [0.5, 0.6) is 0 Å². The van der Waals surface area contributed by atoms with Gasteiger partial charge in [-0.3, -0.25) is 33.6 Å². The number of amides is 10. The zero-order valence-electron chi connectivity index (χ0n) is 45.0. The maximum atomic E-state index is 14.5. The van der Waals surface area contributed by atoms with Gasteiger partial charge in [-0.25, -0.2) is 14.4 Å². The maximum absolute atomic E-state index is 14.5. The molecule has 0 saturated carbocycles. The van der Waals surface area contributed by atoms with Crippen molar-refractivity contribution in [3.05, 3.63) is 35.9 Å². The molecule has 7 atom stereocenters. The van der Waals surface area contributed by atoms with Crippen LogP contribution in [0.4, 0.5) is 14.4 Å². The van der Waals surface area contributed by atoms with Gasteiger partial charge in [0.1, 0.15) is 53.1 Å². The Bertz CT molecular complexity index is 2070. The summed E-state index contributed by atoms with van der Waals surface area (Å²) in [4.78, 5) is 136. The Morgan fingerprint density at radius 2 is 0.932 bits per heavy atom. The van der Waals surface area contributed by atoms with Gasteiger partial charge in [-0.05, 0) is 113 Å². The Kier molecular flexibility index (Phi) is 25.6. The highest BCUT2D eigenvalue weighted by Crippen LogP contribution is 2.13. The van der Waals surface area contributed by atoms with Crippen LogP contribution in [0.2, 0.25) is 0 Å². The average Bonchev–Trinajstić information content (AvgIpc) is 3.25. The third-order valence-electron chi connectivity index (χ3n) is 10.4. The van der Waals surface area contributed by atoms with Gasteiger partial charge in [-0.2, -0.15) is 0 Å². The van der Waals surface area contributed by atoms with E-state index in [1.54, 1.807) is 106 Å². The molecule has 0 aliphatic carbocycles. The van der Waals surface area contributed by atoms with Crippen molar-refractivity contribution in [2.24, 2.45) is 5.92 Å². The highest BCUT2D eigenvalue weighted by molar-refractivity contribution is 5.97. The van der Waals surface area contributed by atoms with Crippen LogP contribution in [0.1, 0.15) is 127 Å². The normalized spacial score (nSPS) is 21.9. The summed E-state index contributed by atoms with van der Waals surface area (Å²) in [5, 5.41) is 36.6. The minimum Gasteiger partial charge on any atom is -0.444 e. The average molecular weight is 1050 g/mol. The minimum absolute atomic E-state index is 0.0129. The van der Waals surface area contributed by atoms with Crippen molar-refractivity contribution in [1.29, 1.82) is 0 Å². The third kappa shape index (κ3) is 26.3. The van der Waals surface area contributed by atoms with Crippen molar-refractivity contribution in [1.82, 2.24) is 53.2 Å². The van der Waals surface area contributed by atoms with Gasteiger partial charge in [0.2, 0.25) is 41.4 Å². The molecule has 1 aromatic rings. The minimum atomic E-state index is -1.60. The Labute approximate surface area is 434 Å². The maximum Gasteiger partial charge on any atom is 0.407 e. The fourth-order valence-electron chi connectivity index (χ4n) is 7.05. The molecule has 1 aliphatic rings. The number of carbonyl (C=O) groups is 10. The van der Waals surface area contributed by atoms with Crippen molar-refractivity contribution < 1.29 is 67.3 Å². The molecule has 1 fully saturated rings. The van der Waals surface area contributed by atoms with E-state index in [2.05, 4.69) is 53.2 Å². The lowest BCUT2D eigenvalue weighted by Gasteiger charge is -2.29. The third-order valence-corrected chi connectivity index (χ3v) is 10.4. The zero-order chi connectivity index (χ0) is 56.0. The molecule has 0 bridgehead atoms. The van der Waals surface area contributed by atoms with Gasteiger partial charge in [0.15, 0.2) is 0 Å². The molecule has 1 heterocycles. The first-order valence-corrected chi connectivity index (χ1v) is 25.0. The van der Waals surface area contributed by atoms with E-state index in [1.165, 1.54) is 6.92 Å². The summed E-state index contributed by atoms with van der Waals surface area (Å²) in [5.41, 5.74) is -1.97. The summed E-state index contributed by atoms with van der Waals surface area (Å²) in [6.45, 7) is 18.9. The van der Waals surface area contributed by atoms with Gasteiger partial charge in [-0.15, -0.1) is 0 Å². The van der Waals surface area contributed by atoms with Crippen LogP contribution < -0.4 is 53.2 Å². The van der Waals surface area contributed by atoms with E-state index in [1.807, 2.05) is 0 Å². The summed E-state index contributed by atoms with van der Waals surface area (Å²) in [5.74, 6) is -6.12. The van der Waals surface area contributed by atoms with E-state index in [0.717, 1.165) is 0 Å². The molecular formula is C50H82N10O14. The van der Waals surface area contributed by atoms with E-state index < -0.39 is 119 Å². The number of aliphatic hydroxyl groups is 1. The van der Waals surface area contributed by atoms with Crippen molar-refractivity contribution in [2.75, 3.05) is 26.2 Å². The van der Waals surface area contributed by atoms with Gasteiger partial charge in [0.25, 0.3) is 0 Å². The van der Waals surface area contributed by atoms with E-state index >= 15 is 0 Å². The highest BCUT2D eigenvalue weighted by Gasteiger charge is 2.35. The largest absolute Gasteiger partial charge is 0.444 e. The lowest BCUT2D eigenvalue weighted by molar-refractivity contribution is -0.136. The summed E-state index contributed by atoms with van der Waals surface area (Å²) in [7, 11) is 0. The van der Waals surface area contributed by atoms with Crippen LogP contribution in [0.15, 0.2) is 30.3 Å². The summed E-state index contributed by atoms with van der Waals surface area (Å²) >= 11 is 0. The molecule has 11 N–H and O–H groups in total. The molecule has 1 aliphatic heterocycles. The van der Waals surface area contributed by atoms with Crippen molar-refractivity contribution >= 4 is 59.6 Å². The van der Waals surface area contributed by atoms with Gasteiger partial charge >= 0.3 is 18.3 Å². The predicted molar refractivity (Wildman–Crippen MR) is 272 cm³/mol. The molecule has 1 unspecified atom stereocenters. The van der Waals surface area contributed by atoms with Crippen LogP contribution in [0.3, 0.4) is 0 Å². The number of hydrogen-bond donors (Lipinski definition) is 11. The highest BCUT2D eigenvalue weighted by atomic mass is 16.6. The fourth-order valence-corrected chi connectivity index (χ4v) is 7.05. The lowest BCUT2D eigenvalue weighted by Crippen LogP contribution is -2.61. The number of rotatable bonds is 14. The topological polar surface area (TPSA) is 339 Å². The molecule has 1 saturated heterocycles. The second-order valence-electron chi connectivity index (χ2n) is 21.5. The zero-order valence-corrected chi connectivity index (χ0v) is 45.0. The monoisotopic (exact) mass is 1050 g/mol. The van der Waals surface area contributed by atoms with Gasteiger partial charge in [-0.1, -0.05) is 44.2 Å². The van der Waals surface area contributed by atoms with E-state index in [0.29, 0.717) is 5.56 Å². The van der Waals surface area contributed by atoms with Crippen LogP contribution in [0, 0.1) is 5.92 Å². The molecular weight excluding hydrogens is 965 g/mol. The van der Waals surface area contributed by atoms with E-state index in [4.69, 9.17) is 14.2 Å². The molecule has 74 heavy (non-hydrogen) atoms. The molecule has 24 heteroatoms. The Balaban J connectivity index is 2.72. The number of ether oxygens (including phenoxy) is 3. The smallest absolute Gasteiger partial charge is 0.407 e. The summed E-state index contributed by atoms with van der Waals surface area (Å²) in [6, 6.07) is 0.00172. The second kappa shape index (κ2) is 29.8. The summed E-state index contributed by atoms with van der Waals surface area (Å²) in [6.07, 6.45) is -4.95. The molecule has 2 rings (SSSR count). The van der Waals surface area contributed by atoms with Crippen LogP contribution in [0.25, 0.3) is 0 Å². The van der Waals surface area contributed by atoms with Crippen molar-refractivity contribution in [2.45, 2.75) is 187 Å². The number of alkyl carbamates (subject to hydrolysis) is 3. The molecule has 24 nitrogen and oxygen atoms in total. The Morgan fingerprint density at radius 3 is 1.35 bits per heavy atom. The molecule has 1 aromatic carbocycles. The molecule has 0 spiro atoms. The first-order chi connectivity index (χ1) is 34.3. The quantitative estimate of drug-likeness (QED) is 0.117. The first-order valence-electron chi connectivity index (χ1n) is 25.0. The van der Waals surface area contributed by atoms with Gasteiger partial charge in [0.05, 0.1) is 6.10 Å². The van der Waals surface area contributed by atoms with Crippen molar-refractivity contribution in [3.8, 4) is 0 Å². The Morgan fingerprint density at radius 1 is 0.554 bits per heavy atom. The predicted octanol–water partition coefficient (Wildman–Crippen LogP) is 1.22. The lowest BCUT2D eigenvalue weighted by atomic mass is 10.00. The Hall–Kier alpha value is -6.72. The van der Waals surface area contributed by atoms with Gasteiger partial charge < -0.3 is 72.5 Å². The van der Waals surface area contributed by atoms with Crippen LogP contribution >= 0.6 is 0 Å². The molecule has 0 aromatic heterocycles. The first kappa shape index (κ1) is 63.4. The van der Waals surface area contributed by atoms with Crippen LogP contribution in [-0.4, -0.2) is 150 Å². The fraction of sp³-hybridized carbons (Fsp3) is 0.680. The second-order valence-corrected chi connectivity index (χ2v) is 21.5. The van der Waals surface area contributed by atoms with Crippen LogP contribution in [-0.2, 0) is 54.2 Å².